The molecular formula is C14H20O3. The Morgan fingerprint density at radius 3 is 2.18 bits per heavy atom. The number of rotatable bonds is 4. The van der Waals surface area contributed by atoms with Crippen LogP contribution < -0.4 is 9.47 Å². The second-order valence-electron chi connectivity index (χ2n) is 5.04. The Balaban J connectivity index is 2.90. The number of carbonyl (C=O) groups excluding carboxylic acids is 1. The zero-order valence-corrected chi connectivity index (χ0v) is 11.2. The van der Waals surface area contributed by atoms with Gasteiger partial charge >= 0.3 is 0 Å². The van der Waals surface area contributed by atoms with E-state index in [1.54, 1.807) is 14.2 Å². The van der Waals surface area contributed by atoms with E-state index in [-0.39, 0.29) is 11.2 Å². The molecule has 3 nitrogen and oxygen atoms in total. The summed E-state index contributed by atoms with van der Waals surface area (Å²) in [6, 6.07) is 5.57. The molecule has 0 bridgehead atoms. The van der Waals surface area contributed by atoms with Gasteiger partial charge in [-0.2, -0.15) is 0 Å². The van der Waals surface area contributed by atoms with Gasteiger partial charge in [0, 0.05) is 11.8 Å². The number of benzene rings is 1. The van der Waals surface area contributed by atoms with Crippen LogP contribution in [0, 0.1) is 5.41 Å². The van der Waals surface area contributed by atoms with Gasteiger partial charge in [-0.1, -0.05) is 26.8 Å². The number of hydrogen-bond donors (Lipinski definition) is 0. The Morgan fingerprint density at radius 2 is 1.71 bits per heavy atom. The van der Waals surface area contributed by atoms with Gasteiger partial charge in [-0.15, -0.1) is 0 Å². The summed E-state index contributed by atoms with van der Waals surface area (Å²) in [6.45, 7) is 5.78. The van der Waals surface area contributed by atoms with E-state index in [1.165, 1.54) is 0 Å². The highest BCUT2D eigenvalue weighted by Crippen LogP contribution is 2.28. The van der Waals surface area contributed by atoms with E-state index < -0.39 is 0 Å². The highest BCUT2D eigenvalue weighted by atomic mass is 16.5. The molecule has 0 aliphatic heterocycles. The van der Waals surface area contributed by atoms with Crippen molar-refractivity contribution in [3.05, 3.63) is 23.8 Å². The standard InChI is InChI=1S/C14H20O3/c1-14(2,3)13(15)9-10-6-7-11(16-4)12(8-10)17-5/h6-8H,9H2,1-5H3. The fraction of sp³-hybridized carbons (Fsp3) is 0.500. The Bertz CT molecular complexity index is 402. The van der Waals surface area contributed by atoms with Crippen LogP contribution >= 0.6 is 0 Å². The number of ether oxygens (including phenoxy) is 2. The van der Waals surface area contributed by atoms with Crippen molar-refractivity contribution in [2.24, 2.45) is 5.41 Å². The highest BCUT2D eigenvalue weighted by Gasteiger charge is 2.21. The van der Waals surface area contributed by atoms with E-state index >= 15 is 0 Å². The van der Waals surface area contributed by atoms with Crippen molar-refractivity contribution in [2.45, 2.75) is 27.2 Å². The SMILES string of the molecule is COc1ccc(CC(=O)C(C)(C)C)cc1OC. The van der Waals surface area contributed by atoms with Crippen LogP contribution in [0.3, 0.4) is 0 Å². The van der Waals surface area contributed by atoms with Crippen molar-refractivity contribution in [1.29, 1.82) is 0 Å². The third-order valence-electron chi connectivity index (χ3n) is 2.65. The second-order valence-corrected chi connectivity index (χ2v) is 5.04. The smallest absolute Gasteiger partial charge is 0.161 e. The fourth-order valence-electron chi connectivity index (χ4n) is 1.44. The lowest BCUT2D eigenvalue weighted by atomic mass is 9.87. The molecule has 0 aliphatic rings. The van der Waals surface area contributed by atoms with Crippen LogP contribution in [-0.4, -0.2) is 20.0 Å². The molecule has 0 fully saturated rings. The van der Waals surface area contributed by atoms with Crippen LogP contribution in [0.1, 0.15) is 26.3 Å². The van der Waals surface area contributed by atoms with Gasteiger partial charge in [-0.25, -0.2) is 0 Å². The number of hydrogen-bond acceptors (Lipinski definition) is 3. The van der Waals surface area contributed by atoms with Crippen LogP contribution in [-0.2, 0) is 11.2 Å². The number of methoxy groups -OCH3 is 2. The second kappa shape index (κ2) is 5.21. The molecular weight excluding hydrogens is 216 g/mol. The highest BCUT2D eigenvalue weighted by molar-refractivity contribution is 5.85. The van der Waals surface area contributed by atoms with Crippen molar-refractivity contribution in [3.8, 4) is 11.5 Å². The van der Waals surface area contributed by atoms with Gasteiger partial charge in [0.25, 0.3) is 0 Å². The summed E-state index contributed by atoms with van der Waals surface area (Å²) in [7, 11) is 3.19. The molecule has 0 aromatic heterocycles. The number of ketones is 1. The maximum absolute atomic E-state index is 11.9. The Labute approximate surface area is 103 Å². The lowest BCUT2D eigenvalue weighted by Gasteiger charge is -2.17. The minimum atomic E-state index is -0.312. The Hall–Kier alpha value is -1.51. The van der Waals surface area contributed by atoms with Gasteiger partial charge in [0.05, 0.1) is 14.2 Å². The van der Waals surface area contributed by atoms with E-state index in [1.807, 2.05) is 39.0 Å². The Kier molecular flexibility index (Phi) is 4.16. The van der Waals surface area contributed by atoms with E-state index in [4.69, 9.17) is 9.47 Å². The maximum Gasteiger partial charge on any atom is 0.161 e. The first-order chi connectivity index (χ1) is 7.88. The van der Waals surface area contributed by atoms with E-state index in [0.717, 1.165) is 5.56 Å². The molecule has 0 atom stereocenters. The third-order valence-corrected chi connectivity index (χ3v) is 2.65. The molecule has 0 N–H and O–H groups in total. The molecule has 0 unspecified atom stereocenters. The van der Waals surface area contributed by atoms with Gasteiger partial charge in [-0.05, 0) is 17.7 Å². The van der Waals surface area contributed by atoms with Crippen molar-refractivity contribution in [3.63, 3.8) is 0 Å². The topological polar surface area (TPSA) is 35.5 Å². The first-order valence-corrected chi connectivity index (χ1v) is 5.62. The van der Waals surface area contributed by atoms with Gasteiger partial charge < -0.3 is 9.47 Å². The fourth-order valence-corrected chi connectivity index (χ4v) is 1.44. The molecule has 1 aromatic carbocycles. The molecule has 0 saturated heterocycles. The quantitative estimate of drug-likeness (QED) is 0.806. The number of carbonyl (C=O) groups is 1. The predicted octanol–water partition coefficient (Wildman–Crippen LogP) is 2.86. The minimum absolute atomic E-state index is 0.213. The molecule has 94 valence electrons. The molecule has 1 aromatic rings. The summed E-state index contributed by atoms with van der Waals surface area (Å²) in [5.74, 6) is 1.55. The molecule has 0 saturated carbocycles. The molecule has 0 amide bonds. The summed E-state index contributed by atoms with van der Waals surface area (Å²) in [4.78, 5) is 11.9. The average Bonchev–Trinajstić information content (AvgIpc) is 2.27. The van der Waals surface area contributed by atoms with E-state index in [0.29, 0.717) is 17.9 Å². The summed E-state index contributed by atoms with van der Waals surface area (Å²) in [5, 5.41) is 0. The normalized spacial score (nSPS) is 11.1. The summed E-state index contributed by atoms with van der Waals surface area (Å²) in [6.07, 6.45) is 0.420. The largest absolute Gasteiger partial charge is 0.493 e. The lowest BCUT2D eigenvalue weighted by molar-refractivity contribution is -0.125. The molecule has 0 spiro atoms. The van der Waals surface area contributed by atoms with Gasteiger partial charge in [0.1, 0.15) is 5.78 Å². The van der Waals surface area contributed by atoms with Crippen LogP contribution in [0.25, 0.3) is 0 Å². The summed E-state index contributed by atoms with van der Waals surface area (Å²) < 4.78 is 10.4. The molecule has 0 heterocycles. The van der Waals surface area contributed by atoms with Crippen molar-refractivity contribution < 1.29 is 14.3 Å². The van der Waals surface area contributed by atoms with Crippen molar-refractivity contribution in [2.75, 3.05) is 14.2 Å². The van der Waals surface area contributed by atoms with Gasteiger partial charge in [0.15, 0.2) is 11.5 Å². The molecule has 3 heteroatoms. The zero-order chi connectivity index (χ0) is 13.1. The van der Waals surface area contributed by atoms with Crippen molar-refractivity contribution >= 4 is 5.78 Å². The van der Waals surface area contributed by atoms with Gasteiger partial charge in [0.2, 0.25) is 0 Å². The molecule has 0 radical (unpaired) electrons. The monoisotopic (exact) mass is 236 g/mol. The Morgan fingerprint density at radius 1 is 1.12 bits per heavy atom. The summed E-state index contributed by atoms with van der Waals surface area (Å²) >= 11 is 0. The predicted molar refractivity (Wildman–Crippen MR) is 67.7 cm³/mol. The van der Waals surface area contributed by atoms with Gasteiger partial charge in [-0.3, -0.25) is 4.79 Å². The summed E-state index contributed by atoms with van der Waals surface area (Å²) in [5.41, 5.74) is 0.634. The molecule has 17 heavy (non-hydrogen) atoms. The molecule has 0 aliphatic carbocycles. The van der Waals surface area contributed by atoms with E-state index in [2.05, 4.69) is 0 Å². The van der Waals surface area contributed by atoms with Crippen LogP contribution in [0.15, 0.2) is 18.2 Å². The average molecular weight is 236 g/mol. The lowest BCUT2D eigenvalue weighted by Crippen LogP contribution is -2.22. The first kappa shape index (κ1) is 13.6. The number of Topliss-reactive ketones (excluding diaryl/α,β-unsaturated/α-hetero) is 1. The van der Waals surface area contributed by atoms with Crippen molar-refractivity contribution in [1.82, 2.24) is 0 Å². The third kappa shape index (κ3) is 3.48. The first-order valence-electron chi connectivity index (χ1n) is 5.62. The van der Waals surface area contributed by atoms with E-state index in [9.17, 15) is 4.79 Å². The molecule has 1 rings (SSSR count). The van der Waals surface area contributed by atoms with Crippen LogP contribution in [0.4, 0.5) is 0 Å². The maximum atomic E-state index is 11.9. The zero-order valence-electron chi connectivity index (χ0n) is 11.2. The van der Waals surface area contributed by atoms with Crippen LogP contribution in [0.5, 0.6) is 11.5 Å². The minimum Gasteiger partial charge on any atom is -0.493 e. The van der Waals surface area contributed by atoms with Crippen LogP contribution in [0.2, 0.25) is 0 Å².